The van der Waals surface area contributed by atoms with Crippen LogP contribution in [0.3, 0.4) is 0 Å². The van der Waals surface area contributed by atoms with Gasteiger partial charge in [-0.2, -0.15) is 0 Å². The SMILES string of the molecule is Oc1ccc[c]([Hg])c1Br. The van der Waals surface area contributed by atoms with E-state index in [2.05, 4.69) is 15.9 Å². The predicted octanol–water partition coefficient (Wildman–Crippen LogP) is 1.33. The molecule has 0 fully saturated rings. The van der Waals surface area contributed by atoms with Crippen LogP contribution in [0, 0.1) is 0 Å². The van der Waals surface area contributed by atoms with Crippen LogP contribution in [0.15, 0.2) is 22.7 Å². The van der Waals surface area contributed by atoms with Gasteiger partial charge in [-0.05, 0) is 0 Å². The van der Waals surface area contributed by atoms with Crippen molar-refractivity contribution >= 4 is 19.0 Å². The number of phenols is 1. The molecule has 0 heterocycles. The fourth-order valence-electron chi connectivity index (χ4n) is 0.566. The third kappa shape index (κ3) is 1.68. The average Bonchev–Trinajstić information content (AvgIpc) is 1.83. The number of halogens is 1. The second-order valence-electron chi connectivity index (χ2n) is 1.75. The molecule has 0 spiro atoms. The van der Waals surface area contributed by atoms with Gasteiger partial charge in [0, 0.05) is 0 Å². The molecule has 3 heteroatoms. The van der Waals surface area contributed by atoms with Crippen molar-refractivity contribution in [2.75, 3.05) is 0 Å². The summed E-state index contributed by atoms with van der Waals surface area (Å²) >= 11 is 3.86. The van der Waals surface area contributed by atoms with Crippen molar-refractivity contribution in [2.24, 2.45) is 0 Å². The molecule has 0 aliphatic rings. The molecule has 1 N–H and O–H groups in total. The van der Waals surface area contributed by atoms with Crippen LogP contribution >= 0.6 is 15.9 Å². The van der Waals surface area contributed by atoms with Gasteiger partial charge in [-0.25, -0.2) is 0 Å². The Kier molecular flexibility index (Phi) is 2.53. The molecule has 0 saturated carbocycles. The average molecular weight is 373 g/mol. The van der Waals surface area contributed by atoms with Gasteiger partial charge in [0.05, 0.1) is 0 Å². The molecule has 9 heavy (non-hydrogen) atoms. The molecule has 0 atom stereocenters. The van der Waals surface area contributed by atoms with E-state index in [9.17, 15) is 0 Å². The van der Waals surface area contributed by atoms with E-state index in [1.165, 1.54) is 3.07 Å². The Morgan fingerprint density at radius 2 is 2.11 bits per heavy atom. The summed E-state index contributed by atoms with van der Waals surface area (Å²) in [6, 6.07) is 5.57. The van der Waals surface area contributed by atoms with Crippen LogP contribution in [0.4, 0.5) is 0 Å². The minimum absolute atomic E-state index is 0.350. The van der Waals surface area contributed by atoms with Gasteiger partial charge < -0.3 is 0 Å². The van der Waals surface area contributed by atoms with Crippen molar-refractivity contribution < 1.29 is 31.2 Å². The van der Waals surface area contributed by atoms with Crippen LogP contribution in [-0.2, 0) is 26.1 Å². The van der Waals surface area contributed by atoms with Gasteiger partial charge in [0.15, 0.2) is 0 Å². The van der Waals surface area contributed by atoms with E-state index in [4.69, 9.17) is 5.11 Å². The first-order valence-corrected chi connectivity index (χ1v) is 6.05. The fourth-order valence-corrected chi connectivity index (χ4v) is 2.06. The summed E-state index contributed by atoms with van der Waals surface area (Å²) in [5, 5.41) is 9.08. The number of phenolic OH excluding ortho intramolecular Hbond substituents is 1. The van der Waals surface area contributed by atoms with Gasteiger partial charge in [0.1, 0.15) is 0 Å². The van der Waals surface area contributed by atoms with Crippen molar-refractivity contribution in [1.29, 1.82) is 0 Å². The molecule has 0 unspecified atom stereocenters. The monoisotopic (exact) mass is 373 g/mol. The van der Waals surface area contributed by atoms with Gasteiger partial charge in [-0.3, -0.25) is 0 Å². The zero-order valence-electron chi connectivity index (χ0n) is 4.76. The van der Waals surface area contributed by atoms with Crippen molar-refractivity contribution in [3.05, 3.63) is 22.7 Å². The molecule has 1 rings (SSSR count). The Hall–Kier alpha value is 0.435. The zero-order valence-corrected chi connectivity index (χ0v) is 11.8. The van der Waals surface area contributed by atoms with Gasteiger partial charge in [-0.1, -0.05) is 0 Å². The molecule has 0 aromatic heterocycles. The van der Waals surface area contributed by atoms with E-state index < -0.39 is 0 Å². The standard InChI is InChI=1S/C6H4BrO.Hg/c7-5-3-1-2-4-6(5)8;/h1-2,4,8H;. The molecule has 1 nitrogen and oxygen atoms in total. The van der Waals surface area contributed by atoms with Crippen LogP contribution in [0.2, 0.25) is 0 Å². The number of hydrogen-bond acceptors (Lipinski definition) is 1. The first-order chi connectivity index (χ1) is 4.22. The fraction of sp³-hybridized carbons (Fsp3) is 0. The number of aromatic hydroxyl groups is 1. The molecular weight excluding hydrogens is 369 g/mol. The third-order valence-corrected chi connectivity index (χ3v) is 6.28. The Morgan fingerprint density at radius 1 is 1.44 bits per heavy atom. The van der Waals surface area contributed by atoms with Crippen LogP contribution in [0.1, 0.15) is 0 Å². The van der Waals surface area contributed by atoms with Gasteiger partial charge in [-0.15, -0.1) is 0 Å². The first kappa shape index (κ1) is 7.54. The Morgan fingerprint density at radius 3 is 2.56 bits per heavy atom. The zero-order chi connectivity index (χ0) is 6.85. The third-order valence-electron chi connectivity index (χ3n) is 1.06. The summed E-state index contributed by atoms with van der Waals surface area (Å²) in [6.07, 6.45) is 0. The van der Waals surface area contributed by atoms with Crippen molar-refractivity contribution in [1.82, 2.24) is 0 Å². The molecule has 43 valence electrons. The van der Waals surface area contributed by atoms with E-state index in [0.29, 0.717) is 31.9 Å². The Bertz CT molecular complexity index is 204. The van der Waals surface area contributed by atoms with Gasteiger partial charge >= 0.3 is 78.7 Å². The molecule has 0 saturated heterocycles. The number of rotatable bonds is 0. The van der Waals surface area contributed by atoms with E-state index in [-0.39, 0.29) is 0 Å². The normalized spacial score (nSPS) is 9.67. The summed E-state index contributed by atoms with van der Waals surface area (Å²) in [5.74, 6) is 0.350. The van der Waals surface area contributed by atoms with Crippen molar-refractivity contribution in [3.63, 3.8) is 0 Å². The van der Waals surface area contributed by atoms with Gasteiger partial charge in [0.25, 0.3) is 0 Å². The summed E-state index contributed by atoms with van der Waals surface area (Å²) in [5.41, 5.74) is 0. The minimum atomic E-state index is 0.350. The quantitative estimate of drug-likeness (QED) is 0.681. The van der Waals surface area contributed by atoms with Crippen molar-refractivity contribution in [2.45, 2.75) is 0 Å². The molecule has 1 aromatic rings. The second-order valence-corrected chi connectivity index (χ2v) is 5.50. The molecule has 0 aliphatic carbocycles. The molecule has 0 aliphatic heterocycles. The molecule has 1 aromatic carbocycles. The van der Waals surface area contributed by atoms with Gasteiger partial charge in [0.2, 0.25) is 0 Å². The van der Waals surface area contributed by atoms with E-state index >= 15 is 0 Å². The first-order valence-electron chi connectivity index (χ1n) is 2.51. The number of hydrogen-bond donors (Lipinski definition) is 1. The van der Waals surface area contributed by atoms with Crippen molar-refractivity contribution in [3.8, 4) is 5.75 Å². The number of benzene rings is 1. The summed E-state index contributed by atoms with van der Waals surface area (Å²) in [4.78, 5) is 0. The molecule has 0 bridgehead atoms. The van der Waals surface area contributed by atoms with E-state index in [0.717, 1.165) is 4.47 Å². The Labute approximate surface area is 78.2 Å². The molecular formula is C6H4BrHgO. The molecule has 0 amide bonds. The second kappa shape index (κ2) is 3.02. The van der Waals surface area contributed by atoms with Crippen LogP contribution in [0.5, 0.6) is 5.75 Å². The Balaban J connectivity index is 3.25. The maximum atomic E-state index is 9.08. The summed E-state index contributed by atoms with van der Waals surface area (Å²) < 4.78 is 2.11. The van der Waals surface area contributed by atoms with Crippen LogP contribution < -0.4 is 3.07 Å². The molecule has 0 radical (unpaired) electrons. The predicted molar refractivity (Wildman–Crippen MR) is 35.4 cm³/mol. The summed E-state index contributed by atoms with van der Waals surface area (Å²) in [7, 11) is 0. The maximum absolute atomic E-state index is 9.08. The van der Waals surface area contributed by atoms with Crippen LogP contribution in [0.25, 0.3) is 0 Å². The summed E-state index contributed by atoms with van der Waals surface area (Å²) in [6.45, 7) is 0. The van der Waals surface area contributed by atoms with E-state index in [1.807, 2.05) is 12.1 Å². The van der Waals surface area contributed by atoms with E-state index in [1.54, 1.807) is 6.07 Å². The topological polar surface area (TPSA) is 20.2 Å². The van der Waals surface area contributed by atoms with Crippen LogP contribution in [-0.4, -0.2) is 5.11 Å².